The monoisotopic (exact) mass is 240 g/mol. The molecule has 0 bridgehead atoms. The fraction of sp³-hybridized carbons (Fsp3) is 0.692. The molecular formula is C13H20O4. The second-order valence-corrected chi connectivity index (χ2v) is 4.53. The molecule has 1 heterocycles. The summed E-state index contributed by atoms with van der Waals surface area (Å²) < 4.78 is 5.16. The molecule has 0 aliphatic carbocycles. The first-order chi connectivity index (χ1) is 8.06. The van der Waals surface area contributed by atoms with E-state index in [4.69, 9.17) is 9.84 Å². The highest BCUT2D eigenvalue weighted by Gasteiger charge is 2.37. The Balaban J connectivity index is 2.36. The zero-order chi connectivity index (χ0) is 12.8. The van der Waals surface area contributed by atoms with E-state index in [0.29, 0.717) is 6.42 Å². The van der Waals surface area contributed by atoms with Gasteiger partial charge in [-0.2, -0.15) is 0 Å². The standard InChI is InChI=1S/C13H20O4/c1-3-4-5-6-7-10-8-11(13(16)17-10)9(2)12(14)15/h10-11H,2-8H2,1H3,(H,14,15). The van der Waals surface area contributed by atoms with Crippen molar-refractivity contribution in [3.05, 3.63) is 12.2 Å². The molecule has 1 rings (SSSR count). The highest BCUT2D eigenvalue weighted by atomic mass is 16.6. The van der Waals surface area contributed by atoms with E-state index in [-0.39, 0.29) is 11.7 Å². The normalized spacial score (nSPS) is 23.5. The fourth-order valence-corrected chi connectivity index (χ4v) is 2.06. The van der Waals surface area contributed by atoms with E-state index in [2.05, 4.69) is 13.5 Å². The minimum absolute atomic E-state index is 0.0499. The molecule has 0 saturated carbocycles. The van der Waals surface area contributed by atoms with Crippen LogP contribution in [0.15, 0.2) is 12.2 Å². The number of rotatable bonds is 7. The van der Waals surface area contributed by atoms with Crippen molar-refractivity contribution in [3.63, 3.8) is 0 Å². The number of carbonyl (C=O) groups excluding carboxylic acids is 1. The van der Waals surface area contributed by atoms with E-state index in [0.717, 1.165) is 19.3 Å². The topological polar surface area (TPSA) is 63.6 Å². The van der Waals surface area contributed by atoms with Crippen molar-refractivity contribution in [2.45, 2.75) is 51.6 Å². The minimum atomic E-state index is -1.11. The number of cyclic esters (lactones) is 1. The molecule has 96 valence electrons. The molecule has 1 fully saturated rings. The molecule has 0 amide bonds. The number of hydrogen-bond acceptors (Lipinski definition) is 3. The maximum atomic E-state index is 11.5. The molecule has 0 radical (unpaired) electrons. The van der Waals surface area contributed by atoms with Gasteiger partial charge >= 0.3 is 11.9 Å². The van der Waals surface area contributed by atoms with Gasteiger partial charge in [0.05, 0.1) is 5.92 Å². The zero-order valence-corrected chi connectivity index (χ0v) is 10.3. The summed E-state index contributed by atoms with van der Waals surface area (Å²) in [5.74, 6) is -2.19. The van der Waals surface area contributed by atoms with Gasteiger partial charge in [-0.3, -0.25) is 4.79 Å². The third-order valence-electron chi connectivity index (χ3n) is 3.14. The van der Waals surface area contributed by atoms with Crippen molar-refractivity contribution < 1.29 is 19.4 Å². The van der Waals surface area contributed by atoms with Crippen molar-refractivity contribution in [1.29, 1.82) is 0 Å². The van der Waals surface area contributed by atoms with Gasteiger partial charge in [-0.25, -0.2) is 4.79 Å². The van der Waals surface area contributed by atoms with Crippen LogP contribution in [-0.2, 0) is 14.3 Å². The van der Waals surface area contributed by atoms with Gasteiger partial charge in [-0.15, -0.1) is 0 Å². The zero-order valence-electron chi connectivity index (χ0n) is 10.3. The van der Waals surface area contributed by atoms with Crippen molar-refractivity contribution in [2.75, 3.05) is 0 Å². The Morgan fingerprint density at radius 1 is 1.47 bits per heavy atom. The molecule has 17 heavy (non-hydrogen) atoms. The number of unbranched alkanes of at least 4 members (excludes halogenated alkanes) is 3. The van der Waals surface area contributed by atoms with Crippen LogP contribution in [-0.4, -0.2) is 23.1 Å². The van der Waals surface area contributed by atoms with Gasteiger partial charge < -0.3 is 9.84 Å². The van der Waals surface area contributed by atoms with Crippen LogP contribution >= 0.6 is 0 Å². The molecule has 0 aromatic heterocycles. The van der Waals surface area contributed by atoms with Crippen LogP contribution in [0, 0.1) is 5.92 Å². The van der Waals surface area contributed by atoms with Crippen LogP contribution in [0.5, 0.6) is 0 Å². The van der Waals surface area contributed by atoms with Crippen molar-refractivity contribution in [2.24, 2.45) is 5.92 Å². The van der Waals surface area contributed by atoms with E-state index < -0.39 is 17.9 Å². The summed E-state index contributed by atoms with van der Waals surface area (Å²) in [6.45, 7) is 5.57. The predicted molar refractivity (Wildman–Crippen MR) is 63.5 cm³/mol. The summed E-state index contributed by atoms with van der Waals surface area (Å²) in [5, 5.41) is 8.79. The third kappa shape index (κ3) is 3.88. The lowest BCUT2D eigenvalue weighted by atomic mass is 9.95. The van der Waals surface area contributed by atoms with Crippen LogP contribution in [0.2, 0.25) is 0 Å². The lowest BCUT2D eigenvalue weighted by Crippen LogP contribution is -2.15. The van der Waals surface area contributed by atoms with Crippen LogP contribution in [0.25, 0.3) is 0 Å². The largest absolute Gasteiger partial charge is 0.478 e. The molecule has 1 aliphatic heterocycles. The smallest absolute Gasteiger partial charge is 0.331 e. The van der Waals surface area contributed by atoms with Gasteiger partial charge in [0.15, 0.2) is 0 Å². The number of ether oxygens (including phenoxy) is 1. The van der Waals surface area contributed by atoms with Crippen LogP contribution < -0.4 is 0 Å². The van der Waals surface area contributed by atoms with Crippen LogP contribution in [0.3, 0.4) is 0 Å². The molecule has 1 saturated heterocycles. The van der Waals surface area contributed by atoms with Crippen LogP contribution in [0.4, 0.5) is 0 Å². The quantitative estimate of drug-likeness (QED) is 0.422. The molecule has 1 N–H and O–H groups in total. The summed E-state index contributed by atoms with van der Waals surface area (Å²) in [6.07, 6.45) is 5.69. The van der Waals surface area contributed by atoms with Gasteiger partial charge in [0.25, 0.3) is 0 Å². The number of hydrogen-bond donors (Lipinski definition) is 1. The van der Waals surface area contributed by atoms with E-state index in [1.807, 2.05) is 0 Å². The van der Waals surface area contributed by atoms with Crippen molar-refractivity contribution >= 4 is 11.9 Å². The number of carbonyl (C=O) groups is 2. The highest BCUT2D eigenvalue weighted by molar-refractivity contribution is 5.94. The maximum absolute atomic E-state index is 11.5. The first-order valence-electron chi connectivity index (χ1n) is 6.18. The van der Waals surface area contributed by atoms with Gasteiger partial charge in [-0.1, -0.05) is 32.8 Å². The number of carboxylic acid groups (broad SMARTS) is 1. The lowest BCUT2D eigenvalue weighted by Gasteiger charge is -2.07. The fourth-order valence-electron chi connectivity index (χ4n) is 2.06. The Hall–Kier alpha value is -1.32. The molecule has 4 nitrogen and oxygen atoms in total. The SMILES string of the molecule is C=C(C(=O)O)C1CC(CCCCCC)OC1=O. The van der Waals surface area contributed by atoms with Crippen molar-refractivity contribution in [1.82, 2.24) is 0 Å². The van der Waals surface area contributed by atoms with Crippen LogP contribution in [0.1, 0.15) is 45.4 Å². The molecule has 0 aromatic rings. The minimum Gasteiger partial charge on any atom is -0.478 e. The Kier molecular flexibility index (Phi) is 5.19. The van der Waals surface area contributed by atoms with E-state index in [1.54, 1.807) is 0 Å². The Morgan fingerprint density at radius 3 is 2.76 bits per heavy atom. The van der Waals surface area contributed by atoms with Crippen molar-refractivity contribution in [3.8, 4) is 0 Å². The van der Waals surface area contributed by atoms with E-state index in [1.165, 1.54) is 12.8 Å². The van der Waals surface area contributed by atoms with E-state index in [9.17, 15) is 9.59 Å². The molecule has 2 unspecified atom stereocenters. The highest BCUT2D eigenvalue weighted by Crippen LogP contribution is 2.29. The average molecular weight is 240 g/mol. The second kappa shape index (κ2) is 6.42. The number of aliphatic carboxylic acids is 1. The first kappa shape index (κ1) is 13.7. The summed E-state index contributed by atoms with van der Waals surface area (Å²) in [5.41, 5.74) is -0.0499. The Bertz CT molecular complexity index is 309. The van der Waals surface area contributed by atoms with E-state index >= 15 is 0 Å². The number of carboxylic acids is 1. The molecule has 0 aromatic carbocycles. The average Bonchev–Trinajstić information content (AvgIpc) is 2.65. The van der Waals surface area contributed by atoms with Gasteiger partial charge in [-0.05, 0) is 12.8 Å². The predicted octanol–water partition coefficient (Wildman–Crippen LogP) is 2.53. The second-order valence-electron chi connectivity index (χ2n) is 4.53. The molecule has 4 heteroatoms. The molecular weight excluding hydrogens is 220 g/mol. The summed E-state index contributed by atoms with van der Waals surface area (Å²) in [6, 6.07) is 0. The molecule has 2 atom stereocenters. The molecule has 1 aliphatic rings. The van der Waals surface area contributed by atoms with Gasteiger partial charge in [0.2, 0.25) is 0 Å². The third-order valence-corrected chi connectivity index (χ3v) is 3.14. The Morgan fingerprint density at radius 2 is 2.18 bits per heavy atom. The lowest BCUT2D eigenvalue weighted by molar-refractivity contribution is -0.145. The number of esters is 1. The van der Waals surface area contributed by atoms with Gasteiger partial charge in [0, 0.05) is 12.0 Å². The molecule has 0 spiro atoms. The summed E-state index contributed by atoms with van der Waals surface area (Å²) in [4.78, 5) is 22.2. The Labute approximate surface area is 102 Å². The first-order valence-corrected chi connectivity index (χ1v) is 6.18. The maximum Gasteiger partial charge on any atom is 0.331 e. The van der Waals surface area contributed by atoms with Gasteiger partial charge in [0.1, 0.15) is 6.10 Å². The summed E-state index contributed by atoms with van der Waals surface area (Å²) >= 11 is 0. The summed E-state index contributed by atoms with van der Waals surface area (Å²) in [7, 11) is 0.